The zero-order chi connectivity index (χ0) is 13.7. The van der Waals surface area contributed by atoms with Crippen molar-refractivity contribution in [3.63, 3.8) is 0 Å². The Morgan fingerprint density at radius 1 is 1.44 bits per heavy atom. The lowest BCUT2D eigenvalue weighted by Crippen LogP contribution is -2.33. The van der Waals surface area contributed by atoms with Crippen LogP contribution < -0.4 is 5.32 Å². The number of hydrogen-bond donors (Lipinski definition) is 2. The highest BCUT2D eigenvalue weighted by Crippen LogP contribution is 2.17. The third kappa shape index (κ3) is 3.58. The third-order valence-corrected chi connectivity index (χ3v) is 2.65. The predicted molar refractivity (Wildman–Crippen MR) is 66.3 cm³/mol. The smallest absolute Gasteiger partial charge is 0.305 e. The van der Waals surface area contributed by atoms with Gasteiger partial charge in [0, 0.05) is 24.9 Å². The van der Waals surface area contributed by atoms with Crippen molar-refractivity contribution in [2.75, 3.05) is 6.54 Å². The first-order chi connectivity index (χ1) is 8.43. The second kappa shape index (κ2) is 6.18. The number of nitrogens with zero attached hydrogens (tertiary/aromatic N) is 2. The molecule has 2 N–H and O–H groups in total. The second-order valence-corrected chi connectivity index (χ2v) is 4.46. The molecule has 0 unspecified atom stereocenters. The van der Waals surface area contributed by atoms with E-state index in [-0.39, 0.29) is 24.8 Å². The molecule has 1 amide bonds. The van der Waals surface area contributed by atoms with Crippen molar-refractivity contribution in [3.05, 3.63) is 18.2 Å². The first-order valence-corrected chi connectivity index (χ1v) is 5.95. The molecule has 0 aliphatic carbocycles. The van der Waals surface area contributed by atoms with Gasteiger partial charge in [0.1, 0.15) is 11.9 Å². The summed E-state index contributed by atoms with van der Waals surface area (Å²) in [5.41, 5.74) is 0. The first-order valence-electron chi connectivity index (χ1n) is 5.95. The summed E-state index contributed by atoms with van der Waals surface area (Å²) in [6, 6.07) is -0.390. The van der Waals surface area contributed by atoms with Gasteiger partial charge < -0.3 is 15.0 Å². The maximum Gasteiger partial charge on any atom is 0.305 e. The monoisotopic (exact) mass is 253 g/mol. The molecule has 0 aliphatic heterocycles. The summed E-state index contributed by atoms with van der Waals surface area (Å²) in [6.45, 7) is 5.93. The number of rotatable bonds is 6. The molecular weight excluding hydrogens is 234 g/mol. The topological polar surface area (TPSA) is 84.2 Å². The molecule has 1 atom stereocenters. The number of carbonyl (C=O) groups excluding carboxylic acids is 1. The van der Waals surface area contributed by atoms with E-state index in [0.29, 0.717) is 0 Å². The molecule has 0 radical (unpaired) electrons. The molecule has 1 rings (SSSR count). The minimum atomic E-state index is -0.923. The fraction of sp³-hybridized carbons (Fsp3) is 0.583. The van der Waals surface area contributed by atoms with Crippen LogP contribution in [0.25, 0.3) is 0 Å². The molecule has 0 spiro atoms. The molecular formula is C12H19N3O3. The van der Waals surface area contributed by atoms with Gasteiger partial charge in [-0.3, -0.25) is 9.59 Å². The molecule has 1 heterocycles. The van der Waals surface area contributed by atoms with E-state index in [9.17, 15) is 9.59 Å². The van der Waals surface area contributed by atoms with E-state index in [1.54, 1.807) is 23.9 Å². The van der Waals surface area contributed by atoms with Crippen LogP contribution in [0.4, 0.5) is 0 Å². The van der Waals surface area contributed by atoms with Crippen LogP contribution in [0.3, 0.4) is 0 Å². The quantitative estimate of drug-likeness (QED) is 0.796. The normalized spacial score (nSPS) is 12.4. The Balaban J connectivity index is 2.63. The number of carboxylic acids is 1. The summed E-state index contributed by atoms with van der Waals surface area (Å²) in [5.74, 6) is -0.0465. The maximum atomic E-state index is 11.8. The number of imidazole rings is 1. The molecule has 0 aromatic carbocycles. The van der Waals surface area contributed by atoms with Crippen LogP contribution in [-0.4, -0.2) is 33.1 Å². The number of carbonyl (C=O) groups is 2. The molecule has 0 aliphatic rings. The summed E-state index contributed by atoms with van der Waals surface area (Å²) in [4.78, 5) is 26.4. The molecule has 0 saturated heterocycles. The molecule has 0 bridgehead atoms. The van der Waals surface area contributed by atoms with Crippen molar-refractivity contribution in [1.82, 2.24) is 14.9 Å². The van der Waals surface area contributed by atoms with Crippen molar-refractivity contribution in [3.8, 4) is 0 Å². The average Bonchev–Trinajstić information content (AvgIpc) is 2.76. The van der Waals surface area contributed by atoms with Crippen molar-refractivity contribution < 1.29 is 14.7 Å². The van der Waals surface area contributed by atoms with E-state index >= 15 is 0 Å². The Morgan fingerprint density at radius 3 is 2.67 bits per heavy atom. The van der Waals surface area contributed by atoms with Crippen LogP contribution >= 0.6 is 0 Å². The van der Waals surface area contributed by atoms with Crippen LogP contribution in [0, 0.1) is 0 Å². The van der Waals surface area contributed by atoms with Gasteiger partial charge >= 0.3 is 5.97 Å². The Labute approximate surface area is 106 Å². The lowest BCUT2D eigenvalue weighted by Gasteiger charge is -2.17. The molecule has 0 fully saturated rings. The molecule has 1 aromatic rings. The number of amides is 1. The van der Waals surface area contributed by atoms with Crippen molar-refractivity contribution in [2.45, 2.75) is 39.2 Å². The summed E-state index contributed by atoms with van der Waals surface area (Å²) in [6.07, 6.45) is 3.35. The molecule has 6 heteroatoms. The Bertz CT molecular complexity index is 426. The Morgan fingerprint density at radius 2 is 2.11 bits per heavy atom. The van der Waals surface area contributed by atoms with Crippen LogP contribution in [0.15, 0.2) is 12.4 Å². The molecule has 6 nitrogen and oxygen atoms in total. The van der Waals surface area contributed by atoms with Crippen LogP contribution in [0.5, 0.6) is 0 Å². The molecule has 18 heavy (non-hydrogen) atoms. The van der Waals surface area contributed by atoms with Crippen molar-refractivity contribution >= 4 is 11.9 Å². The fourth-order valence-electron chi connectivity index (χ4n) is 1.67. The average molecular weight is 253 g/mol. The zero-order valence-corrected chi connectivity index (χ0v) is 10.9. The van der Waals surface area contributed by atoms with Gasteiger partial charge in [0.15, 0.2) is 0 Å². The summed E-state index contributed by atoms with van der Waals surface area (Å²) < 4.78 is 1.81. The van der Waals surface area contributed by atoms with Gasteiger partial charge in [-0.1, -0.05) is 13.8 Å². The number of aromatic nitrogens is 2. The summed E-state index contributed by atoms with van der Waals surface area (Å²) in [5, 5.41) is 11.1. The first kappa shape index (κ1) is 14.2. The summed E-state index contributed by atoms with van der Waals surface area (Å²) in [7, 11) is 0. The SMILES string of the molecule is CC(C)c1nccn1[C@H](C)C(=O)NCCC(=O)O. The van der Waals surface area contributed by atoms with E-state index in [2.05, 4.69) is 10.3 Å². The minimum absolute atomic E-state index is 0.0700. The van der Waals surface area contributed by atoms with Crippen LogP contribution in [-0.2, 0) is 9.59 Å². The highest BCUT2D eigenvalue weighted by atomic mass is 16.4. The van der Waals surface area contributed by atoms with E-state index in [1.807, 2.05) is 13.8 Å². The minimum Gasteiger partial charge on any atom is -0.481 e. The number of nitrogens with one attached hydrogen (secondary N) is 1. The largest absolute Gasteiger partial charge is 0.481 e. The van der Waals surface area contributed by atoms with Gasteiger partial charge in [0.05, 0.1) is 6.42 Å². The number of hydrogen-bond acceptors (Lipinski definition) is 3. The maximum absolute atomic E-state index is 11.8. The van der Waals surface area contributed by atoms with Gasteiger partial charge in [-0.25, -0.2) is 4.98 Å². The summed E-state index contributed by atoms with van der Waals surface area (Å²) >= 11 is 0. The van der Waals surface area contributed by atoms with Crippen molar-refractivity contribution in [1.29, 1.82) is 0 Å². The molecule has 100 valence electrons. The van der Waals surface area contributed by atoms with Gasteiger partial charge in [0.25, 0.3) is 0 Å². The second-order valence-electron chi connectivity index (χ2n) is 4.46. The lowest BCUT2D eigenvalue weighted by atomic mass is 10.2. The van der Waals surface area contributed by atoms with Gasteiger partial charge in [-0.05, 0) is 6.92 Å². The molecule has 0 saturated carbocycles. The standard InChI is InChI=1S/C12H19N3O3/c1-8(2)11-13-6-7-15(11)9(3)12(18)14-5-4-10(16)17/h6-9H,4-5H2,1-3H3,(H,14,18)(H,16,17)/t9-/m1/s1. The Kier molecular flexibility index (Phi) is 4.88. The highest BCUT2D eigenvalue weighted by Gasteiger charge is 2.18. The fourth-order valence-corrected chi connectivity index (χ4v) is 1.67. The third-order valence-electron chi connectivity index (χ3n) is 2.65. The van der Waals surface area contributed by atoms with E-state index in [4.69, 9.17) is 5.11 Å². The van der Waals surface area contributed by atoms with Crippen LogP contribution in [0.1, 0.15) is 45.0 Å². The lowest BCUT2D eigenvalue weighted by molar-refractivity contribution is -0.137. The predicted octanol–water partition coefficient (Wildman–Crippen LogP) is 1.16. The van der Waals surface area contributed by atoms with E-state index in [0.717, 1.165) is 5.82 Å². The highest BCUT2D eigenvalue weighted by molar-refractivity contribution is 5.80. The van der Waals surface area contributed by atoms with E-state index in [1.165, 1.54) is 0 Å². The van der Waals surface area contributed by atoms with Gasteiger partial charge in [-0.15, -0.1) is 0 Å². The van der Waals surface area contributed by atoms with Gasteiger partial charge in [0.2, 0.25) is 5.91 Å². The number of aliphatic carboxylic acids is 1. The van der Waals surface area contributed by atoms with Crippen molar-refractivity contribution in [2.24, 2.45) is 0 Å². The zero-order valence-electron chi connectivity index (χ0n) is 10.9. The van der Waals surface area contributed by atoms with Gasteiger partial charge in [-0.2, -0.15) is 0 Å². The number of carboxylic acid groups (broad SMARTS) is 1. The van der Waals surface area contributed by atoms with Crippen LogP contribution in [0.2, 0.25) is 0 Å². The molecule has 1 aromatic heterocycles. The van der Waals surface area contributed by atoms with E-state index < -0.39 is 12.0 Å². The Hall–Kier alpha value is -1.85.